The molecular weight excluding hydrogens is 620 g/mol. The van der Waals surface area contributed by atoms with E-state index >= 15 is 0 Å². The Balaban J connectivity index is 1.02. The first kappa shape index (κ1) is 32.5. The molecule has 2 saturated heterocycles. The van der Waals surface area contributed by atoms with Crippen molar-refractivity contribution in [1.82, 2.24) is 24.7 Å². The molecule has 0 unspecified atom stereocenters. The molecule has 6 rings (SSSR count). The predicted molar refractivity (Wildman–Crippen MR) is 184 cm³/mol. The van der Waals surface area contributed by atoms with Crippen molar-refractivity contribution in [3.8, 4) is 22.8 Å². The van der Waals surface area contributed by atoms with Gasteiger partial charge in [-0.05, 0) is 51.7 Å². The van der Waals surface area contributed by atoms with Gasteiger partial charge in [0.2, 0.25) is 5.95 Å². The van der Waals surface area contributed by atoms with Crippen molar-refractivity contribution >= 4 is 40.7 Å². The molecule has 2 fully saturated rings. The maximum Gasteiger partial charge on any atom is 0.407 e. The van der Waals surface area contributed by atoms with Gasteiger partial charge in [-0.3, -0.25) is 0 Å². The summed E-state index contributed by atoms with van der Waals surface area (Å²) in [5, 5.41) is 3.42. The van der Waals surface area contributed by atoms with Gasteiger partial charge >= 0.3 is 6.09 Å². The number of anilines is 3. The molecule has 13 heteroatoms. The minimum atomic E-state index is -0.487. The zero-order chi connectivity index (χ0) is 33.1. The number of piperazine rings is 1. The number of piperidine rings is 1. The maximum atomic E-state index is 12.0. The number of carbonyl (C=O) groups is 1. The lowest BCUT2D eigenvalue weighted by Gasteiger charge is -2.36. The summed E-state index contributed by atoms with van der Waals surface area (Å²) < 4.78 is 18.3. The third-order valence-corrected chi connectivity index (χ3v) is 8.95. The van der Waals surface area contributed by atoms with Gasteiger partial charge in [0.1, 0.15) is 22.7 Å². The lowest BCUT2D eigenvalue weighted by Crippen LogP contribution is -2.47. The molecule has 250 valence electrons. The highest BCUT2D eigenvalue weighted by Gasteiger charge is 2.24. The summed E-state index contributed by atoms with van der Waals surface area (Å²) in [4.78, 5) is 33.3. The topological polar surface area (TPSA) is 110 Å². The Morgan fingerprint density at radius 1 is 0.915 bits per heavy atom. The fraction of sp³-hybridized carbons (Fsp3) is 0.471. The first-order valence-corrected chi connectivity index (χ1v) is 16.4. The summed E-state index contributed by atoms with van der Waals surface area (Å²) >= 11 is 6.42. The Morgan fingerprint density at radius 2 is 1.57 bits per heavy atom. The summed E-state index contributed by atoms with van der Waals surface area (Å²) in [6.07, 6.45) is 9.52. The van der Waals surface area contributed by atoms with Gasteiger partial charge in [-0.1, -0.05) is 11.6 Å². The number of rotatable bonds is 8. The van der Waals surface area contributed by atoms with E-state index in [-0.39, 0.29) is 6.09 Å². The Morgan fingerprint density at radius 3 is 2.23 bits per heavy atom. The SMILES string of the molecule is COc1cc(OC)c(-c2cn3ccc(N4CCN(c5ncc(N6CCC(CNC(=O)OC(C)(C)C)CC6)cn5)CC4)cc3n2)cc1Cl. The quantitative estimate of drug-likeness (QED) is 0.259. The zero-order valence-corrected chi connectivity index (χ0v) is 28.5. The van der Waals surface area contributed by atoms with Gasteiger partial charge in [0.15, 0.2) is 0 Å². The van der Waals surface area contributed by atoms with Crippen LogP contribution >= 0.6 is 11.6 Å². The molecule has 0 radical (unpaired) electrons. The zero-order valence-electron chi connectivity index (χ0n) is 27.7. The highest BCUT2D eigenvalue weighted by Crippen LogP contribution is 2.38. The molecule has 0 atom stereocenters. The number of nitrogens with zero attached hydrogens (tertiary/aromatic N) is 7. The number of hydrogen-bond donors (Lipinski definition) is 1. The fourth-order valence-electron chi connectivity index (χ4n) is 6.10. The van der Waals surface area contributed by atoms with Crippen LogP contribution in [0.1, 0.15) is 33.6 Å². The highest BCUT2D eigenvalue weighted by molar-refractivity contribution is 6.32. The summed E-state index contributed by atoms with van der Waals surface area (Å²) in [6.45, 7) is 11.4. The number of alkyl carbamates (subject to hydrolysis) is 1. The van der Waals surface area contributed by atoms with Crippen LogP contribution in [0.15, 0.2) is 49.1 Å². The average Bonchev–Trinajstić information content (AvgIpc) is 3.50. The number of ether oxygens (including phenoxy) is 3. The monoisotopic (exact) mass is 662 g/mol. The van der Waals surface area contributed by atoms with Crippen LogP contribution in [0, 0.1) is 5.92 Å². The first-order chi connectivity index (χ1) is 22.6. The molecule has 0 saturated carbocycles. The van der Waals surface area contributed by atoms with Gasteiger partial charge in [-0.15, -0.1) is 0 Å². The van der Waals surface area contributed by atoms with Crippen molar-refractivity contribution < 1.29 is 19.0 Å². The van der Waals surface area contributed by atoms with Crippen LogP contribution in [0.25, 0.3) is 16.9 Å². The normalized spacial score (nSPS) is 16.0. The molecule has 0 bridgehead atoms. The van der Waals surface area contributed by atoms with E-state index in [1.165, 1.54) is 0 Å². The molecular formula is C34H43ClN8O4. The van der Waals surface area contributed by atoms with Gasteiger partial charge in [0.05, 0.1) is 43.0 Å². The van der Waals surface area contributed by atoms with Crippen molar-refractivity contribution in [2.45, 2.75) is 39.2 Å². The van der Waals surface area contributed by atoms with Crippen molar-refractivity contribution in [3.05, 3.63) is 54.1 Å². The second-order valence-electron chi connectivity index (χ2n) is 13.0. The number of aromatic nitrogens is 4. The standard InChI is InChI=1S/C34H43ClN8O4/c1-34(2,3)47-33(44)38-19-23-6-9-40(10-7-23)25-20-36-32(37-21-25)42-14-12-41(13-15-42)24-8-11-43-22-28(39-31(43)16-24)26-17-27(35)30(46-5)18-29(26)45-4/h8,11,16-18,20-23H,6-7,9-10,12-15,19H2,1-5H3,(H,38,44). The molecule has 12 nitrogen and oxygen atoms in total. The molecule has 1 aromatic carbocycles. The largest absolute Gasteiger partial charge is 0.496 e. The fourth-order valence-corrected chi connectivity index (χ4v) is 6.34. The Hall–Kier alpha value is -4.45. The van der Waals surface area contributed by atoms with Gasteiger partial charge in [-0.25, -0.2) is 19.7 Å². The Labute approximate surface area is 280 Å². The molecule has 4 aromatic rings. The van der Waals surface area contributed by atoms with Crippen molar-refractivity contribution in [2.24, 2.45) is 5.92 Å². The summed E-state index contributed by atoms with van der Waals surface area (Å²) in [5.74, 6) is 2.39. The molecule has 5 heterocycles. The van der Waals surface area contributed by atoms with Gasteiger partial charge < -0.3 is 38.6 Å². The number of methoxy groups -OCH3 is 2. The predicted octanol–water partition coefficient (Wildman–Crippen LogP) is 5.53. The molecule has 0 aliphatic carbocycles. The van der Waals surface area contributed by atoms with Crippen LogP contribution in [0.4, 0.5) is 22.1 Å². The summed E-state index contributed by atoms with van der Waals surface area (Å²) in [7, 11) is 3.21. The lowest BCUT2D eigenvalue weighted by molar-refractivity contribution is 0.0516. The highest BCUT2D eigenvalue weighted by atomic mass is 35.5. The van der Waals surface area contributed by atoms with E-state index in [1.807, 2.05) is 56.0 Å². The van der Waals surface area contributed by atoms with E-state index in [9.17, 15) is 4.79 Å². The van der Waals surface area contributed by atoms with Crippen LogP contribution in [0.2, 0.25) is 5.02 Å². The van der Waals surface area contributed by atoms with Crippen molar-refractivity contribution in [3.63, 3.8) is 0 Å². The molecule has 47 heavy (non-hydrogen) atoms. The van der Waals surface area contributed by atoms with Gasteiger partial charge in [0, 0.05) is 81.6 Å². The van der Waals surface area contributed by atoms with Crippen molar-refractivity contribution in [2.75, 3.05) is 74.7 Å². The molecule has 3 aromatic heterocycles. The minimum Gasteiger partial charge on any atom is -0.496 e. The maximum absolute atomic E-state index is 12.0. The number of amides is 1. The van der Waals surface area contributed by atoms with Crippen LogP contribution in [-0.4, -0.2) is 91.1 Å². The van der Waals surface area contributed by atoms with E-state index in [0.717, 1.165) is 86.3 Å². The average molecular weight is 663 g/mol. The third-order valence-electron chi connectivity index (χ3n) is 8.66. The number of fused-ring (bicyclic) bond motifs is 1. The number of benzene rings is 1. The third kappa shape index (κ3) is 7.59. The van der Waals surface area contributed by atoms with Crippen LogP contribution in [0.5, 0.6) is 11.5 Å². The van der Waals surface area contributed by atoms with E-state index in [0.29, 0.717) is 29.0 Å². The van der Waals surface area contributed by atoms with E-state index in [2.05, 4.69) is 32.1 Å². The number of hydrogen-bond acceptors (Lipinski definition) is 10. The smallest absolute Gasteiger partial charge is 0.407 e. The number of halogens is 1. The molecule has 1 amide bonds. The first-order valence-electron chi connectivity index (χ1n) is 16.0. The van der Waals surface area contributed by atoms with Gasteiger partial charge in [-0.2, -0.15) is 0 Å². The number of nitrogens with one attached hydrogen (secondary N) is 1. The van der Waals surface area contributed by atoms with Crippen molar-refractivity contribution in [1.29, 1.82) is 0 Å². The Kier molecular flexibility index (Phi) is 9.49. The summed E-state index contributed by atoms with van der Waals surface area (Å²) in [5.41, 5.74) is 4.09. The Bertz CT molecular complexity index is 1690. The molecule has 1 N–H and O–H groups in total. The summed E-state index contributed by atoms with van der Waals surface area (Å²) in [6, 6.07) is 7.84. The van der Waals surface area contributed by atoms with Crippen LogP contribution in [0.3, 0.4) is 0 Å². The second kappa shape index (κ2) is 13.7. The molecule has 0 spiro atoms. The van der Waals surface area contributed by atoms with E-state index in [1.54, 1.807) is 20.3 Å². The van der Waals surface area contributed by atoms with Gasteiger partial charge in [0.25, 0.3) is 0 Å². The minimum absolute atomic E-state index is 0.351. The number of carbonyl (C=O) groups excluding carboxylic acids is 1. The lowest BCUT2D eigenvalue weighted by atomic mass is 9.96. The number of pyridine rings is 1. The molecule has 2 aliphatic rings. The second-order valence-corrected chi connectivity index (χ2v) is 13.4. The van der Waals surface area contributed by atoms with E-state index < -0.39 is 5.60 Å². The molecule has 2 aliphatic heterocycles. The number of imidazole rings is 1. The van der Waals surface area contributed by atoms with Crippen LogP contribution in [-0.2, 0) is 4.74 Å². The van der Waals surface area contributed by atoms with E-state index in [4.69, 9.17) is 40.8 Å². The van der Waals surface area contributed by atoms with Crippen LogP contribution < -0.4 is 29.5 Å².